The van der Waals surface area contributed by atoms with Gasteiger partial charge in [0, 0.05) is 0 Å². The zero-order valence-electron chi connectivity index (χ0n) is 21.7. The number of carbonyl (C=O) groups is 1. The van der Waals surface area contributed by atoms with Crippen molar-refractivity contribution in [1.29, 1.82) is 0 Å². The highest BCUT2D eigenvalue weighted by Gasteiger charge is 2.61. The first kappa shape index (κ1) is 29.4. The third-order valence-electron chi connectivity index (χ3n) is 7.47. The van der Waals surface area contributed by atoms with Gasteiger partial charge in [-0.05, 0) is 33.2 Å². The summed E-state index contributed by atoms with van der Waals surface area (Å²) in [7, 11) is -4.48. The van der Waals surface area contributed by atoms with E-state index in [9.17, 15) is 4.79 Å². The van der Waals surface area contributed by atoms with Crippen LogP contribution in [-0.4, -0.2) is 45.8 Å². The first-order valence-electron chi connectivity index (χ1n) is 11.9. The minimum Gasteiger partial charge on any atom is -0.455 e. The Labute approximate surface area is 203 Å². The standard InChI is InChI=1S/C23H46Cl2O4Si2/c1-14(2)30(15(3)4,16(5)6)27-13-20-21(23(24,25)22(26)28-20)29-31(17(7)8,18(9)10)19(11)12/h14-21H,13H2,1-12H3/t20-,21-/m1/s1. The highest BCUT2D eigenvalue weighted by Crippen LogP contribution is 2.49. The fourth-order valence-corrected chi connectivity index (χ4v) is 17.9. The van der Waals surface area contributed by atoms with Crippen molar-refractivity contribution >= 4 is 45.8 Å². The number of esters is 1. The molecule has 184 valence electrons. The maximum atomic E-state index is 12.6. The molecule has 0 aromatic rings. The highest BCUT2D eigenvalue weighted by atomic mass is 35.5. The lowest BCUT2D eigenvalue weighted by atomic mass is 10.2. The summed E-state index contributed by atoms with van der Waals surface area (Å²) in [6, 6.07) is 0. The summed E-state index contributed by atoms with van der Waals surface area (Å²) in [5, 5.41) is 0. The van der Waals surface area contributed by atoms with Gasteiger partial charge in [0.15, 0.2) is 6.10 Å². The van der Waals surface area contributed by atoms with Gasteiger partial charge in [0.2, 0.25) is 21.0 Å². The van der Waals surface area contributed by atoms with Gasteiger partial charge in [0.25, 0.3) is 0 Å². The zero-order chi connectivity index (χ0) is 24.5. The Morgan fingerprint density at radius 3 is 1.45 bits per heavy atom. The van der Waals surface area contributed by atoms with Crippen molar-refractivity contribution in [2.45, 2.75) is 133 Å². The highest BCUT2D eigenvalue weighted by molar-refractivity contribution is 6.78. The maximum absolute atomic E-state index is 12.6. The average Bonchev–Trinajstić information content (AvgIpc) is 2.80. The fraction of sp³-hybridized carbons (Fsp3) is 0.957. The molecule has 31 heavy (non-hydrogen) atoms. The molecule has 0 N–H and O–H groups in total. The minimum absolute atomic E-state index is 0.275. The monoisotopic (exact) mass is 512 g/mol. The number of rotatable bonds is 11. The third kappa shape index (κ3) is 5.40. The molecule has 2 atom stereocenters. The Morgan fingerprint density at radius 1 is 0.774 bits per heavy atom. The van der Waals surface area contributed by atoms with E-state index in [0.29, 0.717) is 33.2 Å². The fourth-order valence-electron chi connectivity index (χ4n) is 6.25. The third-order valence-corrected chi connectivity index (χ3v) is 20.4. The molecule has 0 radical (unpaired) electrons. The Hall–Kier alpha value is 0.404. The summed E-state index contributed by atoms with van der Waals surface area (Å²) in [6.07, 6.45) is -1.34. The SMILES string of the molecule is CC(C)[Si](OC[C@H]1OC(=O)C(Cl)(Cl)[C@@H]1O[Si](C(C)C)(C(C)C)C(C)C)(C(C)C)C(C)C. The molecule has 0 aromatic carbocycles. The lowest BCUT2D eigenvalue weighted by Crippen LogP contribution is -2.56. The summed E-state index contributed by atoms with van der Waals surface area (Å²) in [4.78, 5) is 12.6. The molecule has 0 aliphatic carbocycles. The van der Waals surface area contributed by atoms with Gasteiger partial charge in [-0.3, -0.25) is 0 Å². The van der Waals surface area contributed by atoms with Gasteiger partial charge >= 0.3 is 5.97 Å². The van der Waals surface area contributed by atoms with Crippen molar-refractivity contribution in [2.75, 3.05) is 6.61 Å². The average molecular weight is 514 g/mol. The van der Waals surface area contributed by atoms with Gasteiger partial charge < -0.3 is 13.6 Å². The molecular weight excluding hydrogens is 467 g/mol. The van der Waals surface area contributed by atoms with Crippen LogP contribution in [0.5, 0.6) is 0 Å². The summed E-state index contributed by atoms with van der Waals surface area (Å²) < 4.78 is 17.6. The normalized spacial score (nSPS) is 22.6. The molecule has 1 aliphatic heterocycles. The lowest BCUT2D eigenvalue weighted by molar-refractivity contribution is -0.143. The van der Waals surface area contributed by atoms with Crippen molar-refractivity contribution in [1.82, 2.24) is 0 Å². The topological polar surface area (TPSA) is 44.8 Å². The van der Waals surface area contributed by atoms with E-state index in [1.807, 2.05) is 0 Å². The second-order valence-electron chi connectivity index (χ2n) is 11.1. The number of ether oxygens (including phenoxy) is 1. The lowest BCUT2D eigenvalue weighted by Gasteiger charge is -2.46. The molecule has 1 fully saturated rings. The van der Waals surface area contributed by atoms with E-state index in [1.165, 1.54) is 0 Å². The smallest absolute Gasteiger partial charge is 0.345 e. The van der Waals surface area contributed by atoms with E-state index in [2.05, 4.69) is 83.1 Å². The number of alkyl halides is 2. The molecular formula is C23H46Cl2O4Si2. The van der Waals surface area contributed by atoms with Gasteiger partial charge in [-0.15, -0.1) is 0 Å². The van der Waals surface area contributed by atoms with Crippen molar-refractivity contribution < 1.29 is 18.4 Å². The van der Waals surface area contributed by atoms with Gasteiger partial charge in [-0.25, -0.2) is 4.79 Å². The number of hydrogen-bond acceptors (Lipinski definition) is 4. The van der Waals surface area contributed by atoms with Crippen molar-refractivity contribution in [3.63, 3.8) is 0 Å². The predicted molar refractivity (Wildman–Crippen MR) is 137 cm³/mol. The van der Waals surface area contributed by atoms with Crippen LogP contribution in [0.15, 0.2) is 0 Å². The van der Waals surface area contributed by atoms with Gasteiger partial charge in [-0.1, -0.05) is 106 Å². The van der Waals surface area contributed by atoms with Crippen LogP contribution in [0.1, 0.15) is 83.1 Å². The largest absolute Gasteiger partial charge is 0.455 e. The van der Waals surface area contributed by atoms with Crippen molar-refractivity contribution in [3.8, 4) is 0 Å². The second-order valence-corrected chi connectivity index (χ2v) is 23.3. The number of cyclic esters (lactones) is 1. The molecule has 1 heterocycles. The first-order valence-corrected chi connectivity index (χ1v) is 16.9. The van der Waals surface area contributed by atoms with E-state index >= 15 is 0 Å². The Balaban J connectivity index is 3.33. The Bertz CT molecular complexity index is 563. The van der Waals surface area contributed by atoms with E-state index in [1.54, 1.807) is 0 Å². The van der Waals surface area contributed by atoms with Crippen molar-refractivity contribution in [3.05, 3.63) is 0 Å². The van der Waals surface area contributed by atoms with Gasteiger partial charge in [0.1, 0.15) is 6.10 Å². The van der Waals surface area contributed by atoms with Crippen molar-refractivity contribution in [2.24, 2.45) is 0 Å². The van der Waals surface area contributed by atoms with E-state index in [4.69, 9.17) is 36.8 Å². The van der Waals surface area contributed by atoms with Crippen LogP contribution in [0.2, 0.25) is 33.2 Å². The maximum Gasteiger partial charge on any atom is 0.345 e. The summed E-state index contributed by atoms with van der Waals surface area (Å²) in [5.74, 6) is -0.625. The molecule has 0 unspecified atom stereocenters. The molecule has 4 nitrogen and oxygen atoms in total. The Morgan fingerprint density at radius 2 is 1.13 bits per heavy atom. The van der Waals surface area contributed by atoms with Gasteiger partial charge in [0.05, 0.1) is 6.61 Å². The molecule has 0 aromatic heterocycles. The Kier molecular flexibility index (Phi) is 10.2. The number of hydrogen-bond donors (Lipinski definition) is 0. The quantitative estimate of drug-likeness (QED) is 0.160. The molecule has 0 saturated carbocycles. The van der Waals surface area contributed by atoms with Crippen LogP contribution >= 0.6 is 23.2 Å². The first-order chi connectivity index (χ1) is 14.0. The van der Waals surface area contributed by atoms with E-state index in [-0.39, 0.29) is 6.61 Å². The molecule has 0 spiro atoms. The van der Waals surface area contributed by atoms with E-state index in [0.717, 1.165) is 0 Å². The molecule has 8 heteroatoms. The molecule has 1 saturated heterocycles. The summed E-state index contributed by atoms with van der Waals surface area (Å²) in [6.45, 7) is 26.9. The molecule has 0 amide bonds. The van der Waals surface area contributed by atoms with Gasteiger partial charge in [-0.2, -0.15) is 0 Å². The minimum atomic E-state index is -2.34. The summed E-state index contributed by atoms with van der Waals surface area (Å²) in [5.41, 5.74) is 2.29. The van der Waals surface area contributed by atoms with Crippen LogP contribution in [0.3, 0.4) is 0 Å². The molecule has 1 rings (SSSR count). The van der Waals surface area contributed by atoms with Crippen LogP contribution in [0.25, 0.3) is 0 Å². The van der Waals surface area contributed by atoms with Crippen LogP contribution in [0, 0.1) is 0 Å². The second kappa shape index (κ2) is 10.8. The zero-order valence-corrected chi connectivity index (χ0v) is 25.2. The van der Waals surface area contributed by atoms with E-state index < -0.39 is 39.1 Å². The number of halogens is 2. The van der Waals surface area contributed by atoms with Crippen LogP contribution in [0.4, 0.5) is 0 Å². The molecule has 0 bridgehead atoms. The predicted octanol–water partition coefficient (Wildman–Crippen LogP) is 7.84. The summed E-state index contributed by atoms with van der Waals surface area (Å²) >= 11 is 13.2. The molecule has 1 aliphatic rings. The van der Waals surface area contributed by atoms with Crippen LogP contribution < -0.4 is 0 Å². The number of carbonyl (C=O) groups excluding carboxylic acids is 1. The van der Waals surface area contributed by atoms with Crippen LogP contribution in [-0.2, 0) is 18.4 Å².